The molecule has 0 spiro atoms. The molecule has 1 aliphatic heterocycles. The van der Waals surface area contributed by atoms with Crippen LogP contribution < -0.4 is 5.84 Å². The van der Waals surface area contributed by atoms with Crippen LogP contribution in [0.3, 0.4) is 0 Å². The van der Waals surface area contributed by atoms with Crippen LogP contribution in [-0.2, 0) is 22.5 Å². The molecule has 2 N–H and O–H groups in total. The molecule has 0 saturated carbocycles. The van der Waals surface area contributed by atoms with Gasteiger partial charge in [-0.1, -0.05) is 59.8 Å². The third-order valence-corrected chi connectivity index (χ3v) is 5.58. The Labute approximate surface area is 176 Å². The largest absolute Gasteiger partial charge is 0.452 e. The highest BCUT2D eigenvalue weighted by Crippen LogP contribution is 2.29. The van der Waals surface area contributed by atoms with Crippen molar-refractivity contribution in [3.8, 4) is 0 Å². The second-order valence-electron chi connectivity index (χ2n) is 7.70. The molecule has 3 aromatic rings. The van der Waals surface area contributed by atoms with E-state index in [-0.39, 0.29) is 11.9 Å². The Bertz CT molecular complexity index is 920. The number of esters is 1. The maximum Gasteiger partial charge on any atom is 0.309 e. The molecular weight excluding hydrogens is 378 g/mol. The molecule has 2 heterocycles. The number of hydrogen-bond acceptors (Lipinski definition) is 6. The van der Waals surface area contributed by atoms with Crippen LogP contribution in [0.25, 0.3) is 0 Å². The van der Waals surface area contributed by atoms with Gasteiger partial charge in [-0.2, -0.15) is 0 Å². The summed E-state index contributed by atoms with van der Waals surface area (Å²) in [6, 6.07) is 18.2. The molecule has 1 atom stereocenters. The smallest absolute Gasteiger partial charge is 0.309 e. The summed E-state index contributed by atoms with van der Waals surface area (Å²) in [5, 5.41) is 9.59. The normalized spacial score (nSPS) is 16.3. The summed E-state index contributed by atoms with van der Waals surface area (Å²) in [7, 11) is 0. The summed E-state index contributed by atoms with van der Waals surface area (Å²) in [6.45, 7) is 2.21. The van der Waals surface area contributed by atoms with Crippen LogP contribution in [0.15, 0.2) is 67.0 Å². The molecule has 1 unspecified atom stereocenters. The summed E-state index contributed by atoms with van der Waals surface area (Å²) in [6.07, 6.45) is 5.44. The Kier molecular flexibility index (Phi) is 6.51. The zero-order valence-corrected chi connectivity index (χ0v) is 16.9. The highest BCUT2D eigenvalue weighted by atomic mass is 16.5. The fraction of sp³-hybridized carbons (Fsp3) is 0.348. The van der Waals surface area contributed by atoms with Crippen molar-refractivity contribution in [2.75, 3.05) is 13.1 Å². The van der Waals surface area contributed by atoms with Crippen LogP contribution in [0.2, 0.25) is 0 Å². The predicted molar refractivity (Wildman–Crippen MR) is 113 cm³/mol. The molecule has 1 saturated heterocycles. The third-order valence-electron chi connectivity index (χ3n) is 5.58. The molecule has 1 fully saturated rings. The van der Waals surface area contributed by atoms with Gasteiger partial charge in [0.25, 0.3) is 0 Å². The van der Waals surface area contributed by atoms with Crippen molar-refractivity contribution in [1.29, 1.82) is 0 Å². The second-order valence-corrected chi connectivity index (χ2v) is 7.70. The maximum atomic E-state index is 12.9. The topological polar surface area (TPSA) is 86.3 Å². The first-order valence-electron chi connectivity index (χ1n) is 10.4. The van der Waals surface area contributed by atoms with E-state index in [4.69, 9.17) is 10.6 Å². The fourth-order valence-corrected chi connectivity index (χ4v) is 3.76. The van der Waals surface area contributed by atoms with Crippen molar-refractivity contribution >= 4 is 5.97 Å². The summed E-state index contributed by atoms with van der Waals surface area (Å²) in [4.78, 5) is 12.9. The number of carbonyl (C=O) groups excluding carboxylic acids is 1. The van der Waals surface area contributed by atoms with E-state index in [9.17, 15) is 4.79 Å². The SMILES string of the molecule is NN1CCC(C(=O)OC(c2ccccc2)c2ccc(CCn3ccnn3)cc2)CC1. The number of aryl methyl sites for hydroxylation is 2. The molecule has 7 nitrogen and oxygen atoms in total. The summed E-state index contributed by atoms with van der Waals surface area (Å²) in [5.74, 6) is 5.58. The van der Waals surface area contributed by atoms with Gasteiger partial charge in [0.2, 0.25) is 0 Å². The number of benzene rings is 2. The Morgan fingerprint density at radius 2 is 1.77 bits per heavy atom. The number of piperidine rings is 1. The van der Waals surface area contributed by atoms with Crippen molar-refractivity contribution in [3.05, 3.63) is 83.7 Å². The molecule has 0 aliphatic carbocycles. The average molecular weight is 406 g/mol. The van der Waals surface area contributed by atoms with Gasteiger partial charge < -0.3 is 4.74 Å². The third kappa shape index (κ3) is 5.11. The lowest BCUT2D eigenvalue weighted by Crippen LogP contribution is -2.41. The number of hydrazine groups is 1. The van der Waals surface area contributed by atoms with Gasteiger partial charge in [0.05, 0.1) is 12.1 Å². The number of hydrogen-bond donors (Lipinski definition) is 1. The molecule has 156 valence electrons. The van der Waals surface area contributed by atoms with Crippen LogP contribution >= 0.6 is 0 Å². The molecule has 2 aromatic carbocycles. The van der Waals surface area contributed by atoms with Crippen molar-refractivity contribution in [2.24, 2.45) is 11.8 Å². The Morgan fingerprint density at radius 3 is 2.43 bits per heavy atom. The quantitative estimate of drug-likeness (QED) is 0.480. The van der Waals surface area contributed by atoms with E-state index in [2.05, 4.69) is 22.4 Å². The molecule has 7 heteroatoms. The number of carbonyl (C=O) groups is 1. The summed E-state index contributed by atoms with van der Waals surface area (Å²) < 4.78 is 7.85. The summed E-state index contributed by atoms with van der Waals surface area (Å²) >= 11 is 0. The molecule has 30 heavy (non-hydrogen) atoms. The van der Waals surface area contributed by atoms with E-state index < -0.39 is 6.10 Å². The van der Waals surface area contributed by atoms with E-state index >= 15 is 0 Å². The minimum absolute atomic E-state index is 0.0991. The van der Waals surface area contributed by atoms with Gasteiger partial charge in [0.1, 0.15) is 0 Å². The number of ether oxygens (including phenoxy) is 1. The standard InChI is InChI=1S/C23H27N5O2/c24-27-14-11-21(12-15-27)23(29)30-22(19-4-2-1-3-5-19)20-8-6-18(7-9-20)10-16-28-17-13-25-26-28/h1-9,13,17,21-22H,10-12,14-16,24H2. The van der Waals surface area contributed by atoms with Crippen molar-refractivity contribution < 1.29 is 9.53 Å². The van der Waals surface area contributed by atoms with Gasteiger partial charge in [0, 0.05) is 25.8 Å². The fourth-order valence-electron chi connectivity index (χ4n) is 3.76. The van der Waals surface area contributed by atoms with Gasteiger partial charge in [-0.3, -0.25) is 15.3 Å². The monoisotopic (exact) mass is 405 g/mol. The van der Waals surface area contributed by atoms with Crippen LogP contribution in [0, 0.1) is 5.92 Å². The minimum atomic E-state index is -0.418. The van der Waals surface area contributed by atoms with Crippen LogP contribution in [0.5, 0.6) is 0 Å². The molecule has 1 aromatic heterocycles. The van der Waals surface area contributed by atoms with Crippen LogP contribution in [0.4, 0.5) is 0 Å². The van der Waals surface area contributed by atoms with E-state index in [1.165, 1.54) is 5.56 Å². The first kappa shape index (κ1) is 20.3. The lowest BCUT2D eigenvalue weighted by Gasteiger charge is -2.29. The Morgan fingerprint density at radius 1 is 1.07 bits per heavy atom. The van der Waals surface area contributed by atoms with Crippen LogP contribution in [-0.4, -0.2) is 39.1 Å². The van der Waals surface area contributed by atoms with Gasteiger partial charge in [-0.05, 0) is 36.0 Å². The summed E-state index contributed by atoms with van der Waals surface area (Å²) in [5.41, 5.74) is 3.13. The van der Waals surface area contributed by atoms with Crippen LogP contribution in [0.1, 0.15) is 35.6 Å². The molecule has 0 radical (unpaired) electrons. The van der Waals surface area contributed by atoms with Gasteiger partial charge >= 0.3 is 5.97 Å². The molecular formula is C23H27N5O2. The van der Waals surface area contributed by atoms with Gasteiger partial charge in [-0.15, -0.1) is 5.10 Å². The van der Waals surface area contributed by atoms with E-state index in [1.807, 2.05) is 53.3 Å². The average Bonchev–Trinajstić information content (AvgIpc) is 3.31. The van der Waals surface area contributed by atoms with E-state index in [0.717, 1.165) is 50.0 Å². The van der Waals surface area contributed by atoms with Gasteiger partial charge in [-0.25, -0.2) is 5.01 Å². The second kappa shape index (κ2) is 9.65. The minimum Gasteiger partial charge on any atom is -0.452 e. The zero-order chi connectivity index (χ0) is 20.8. The predicted octanol–water partition coefficient (Wildman–Crippen LogP) is 2.74. The van der Waals surface area contributed by atoms with Gasteiger partial charge in [0.15, 0.2) is 6.10 Å². The number of nitrogens with zero attached hydrogens (tertiary/aromatic N) is 4. The molecule has 0 bridgehead atoms. The Balaban J connectivity index is 1.47. The number of aromatic nitrogens is 3. The van der Waals surface area contributed by atoms with Crippen molar-refractivity contribution in [2.45, 2.75) is 31.9 Å². The molecule has 1 aliphatic rings. The first-order valence-corrected chi connectivity index (χ1v) is 10.4. The number of rotatable bonds is 7. The lowest BCUT2D eigenvalue weighted by molar-refractivity contribution is -0.154. The lowest BCUT2D eigenvalue weighted by atomic mass is 9.96. The van der Waals surface area contributed by atoms with E-state index in [1.54, 1.807) is 11.2 Å². The maximum absolute atomic E-state index is 12.9. The highest BCUT2D eigenvalue weighted by molar-refractivity contribution is 5.73. The highest BCUT2D eigenvalue weighted by Gasteiger charge is 2.28. The molecule has 0 amide bonds. The first-order chi connectivity index (χ1) is 14.7. The molecule has 4 rings (SSSR count). The zero-order valence-electron chi connectivity index (χ0n) is 16.9. The number of nitrogens with two attached hydrogens (primary N) is 1. The van der Waals surface area contributed by atoms with Crippen molar-refractivity contribution in [1.82, 2.24) is 20.0 Å². The van der Waals surface area contributed by atoms with E-state index in [0.29, 0.717) is 0 Å². The Hall–Kier alpha value is -3.03. The van der Waals surface area contributed by atoms with Crippen molar-refractivity contribution in [3.63, 3.8) is 0 Å².